The second-order valence-corrected chi connectivity index (χ2v) is 7.23. The minimum atomic E-state index is -0.715. The van der Waals surface area contributed by atoms with Gasteiger partial charge in [0, 0.05) is 11.3 Å². The summed E-state index contributed by atoms with van der Waals surface area (Å²) in [5.74, 6) is -0.00184. The van der Waals surface area contributed by atoms with E-state index in [9.17, 15) is 14.0 Å². The molecule has 0 saturated heterocycles. The Hall–Kier alpha value is -3.55. The molecule has 0 saturated carbocycles. The lowest BCUT2D eigenvalue weighted by Gasteiger charge is -2.28. The number of carbonyl (C=O) groups is 2. The first-order valence-corrected chi connectivity index (χ1v) is 10.5. The number of hydrogen-bond donors (Lipinski definition) is 2. The number of carbonyl (C=O) groups excluding carboxylic acids is 2. The third kappa shape index (κ3) is 5.38. The molecule has 7 nitrogen and oxygen atoms in total. The number of amides is 2. The largest absolute Gasteiger partial charge is 0.490 e. The van der Waals surface area contributed by atoms with E-state index in [1.54, 1.807) is 43.3 Å². The van der Waals surface area contributed by atoms with Crippen molar-refractivity contribution in [1.82, 2.24) is 10.6 Å². The number of ether oxygens (including phenoxy) is 3. The van der Waals surface area contributed by atoms with E-state index in [1.165, 1.54) is 6.07 Å². The van der Waals surface area contributed by atoms with Crippen LogP contribution in [-0.4, -0.2) is 25.2 Å². The van der Waals surface area contributed by atoms with Crippen molar-refractivity contribution in [3.63, 3.8) is 0 Å². The first-order chi connectivity index (χ1) is 15.4. The molecule has 2 aromatic rings. The van der Waals surface area contributed by atoms with Gasteiger partial charge in [-0.25, -0.2) is 14.0 Å². The predicted octanol–water partition coefficient (Wildman–Crippen LogP) is 4.38. The van der Waals surface area contributed by atoms with Crippen LogP contribution in [0, 0.1) is 5.82 Å². The van der Waals surface area contributed by atoms with Crippen molar-refractivity contribution in [1.29, 1.82) is 0 Å². The van der Waals surface area contributed by atoms with Crippen molar-refractivity contribution >= 4 is 12.0 Å². The predicted molar refractivity (Wildman–Crippen MR) is 117 cm³/mol. The third-order valence-electron chi connectivity index (χ3n) is 4.87. The van der Waals surface area contributed by atoms with E-state index in [0.29, 0.717) is 46.9 Å². The van der Waals surface area contributed by atoms with Crippen LogP contribution in [0.1, 0.15) is 44.4 Å². The van der Waals surface area contributed by atoms with Crippen LogP contribution >= 0.6 is 0 Å². The molecule has 0 spiro atoms. The van der Waals surface area contributed by atoms with Crippen LogP contribution in [0.5, 0.6) is 11.5 Å². The normalized spacial score (nSPS) is 15.6. The SMILES string of the molecule is CCCOC(=O)C1=C(C)NC(=O)NC1c1ccc(OCc2ccccc2F)c(OCC)c1. The van der Waals surface area contributed by atoms with Gasteiger partial charge in [0.15, 0.2) is 11.5 Å². The Labute approximate surface area is 186 Å². The van der Waals surface area contributed by atoms with Crippen molar-refractivity contribution in [2.24, 2.45) is 0 Å². The number of benzene rings is 2. The lowest BCUT2D eigenvalue weighted by atomic mass is 9.95. The summed E-state index contributed by atoms with van der Waals surface area (Å²) >= 11 is 0. The molecule has 1 atom stereocenters. The number of nitrogens with one attached hydrogen (secondary N) is 2. The lowest BCUT2D eigenvalue weighted by molar-refractivity contribution is -0.139. The lowest BCUT2D eigenvalue weighted by Crippen LogP contribution is -2.45. The van der Waals surface area contributed by atoms with E-state index >= 15 is 0 Å². The summed E-state index contributed by atoms with van der Waals surface area (Å²) in [6.45, 7) is 6.08. The minimum Gasteiger partial charge on any atom is -0.490 e. The van der Waals surface area contributed by atoms with Gasteiger partial charge in [0.25, 0.3) is 0 Å². The molecule has 1 unspecified atom stereocenters. The van der Waals surface area contributed by atoms with Gasteiger partial charge in [0.05, 0.1) is 24.8 Å². The van der Waals surface area contributed by atoms with E-state index in [4.69, 9.17) is 14.2 Å². The van der Waals surface area contributed by atoms with Gasteiger partial charge in [-0.15, -0.1) is 0 Å². The van der Waals surface area contributed by atoms with Crippen molar-refractivity contribution in [3.8, 4) is 11.5 Å². The summed E-state index contributed by atoms with van der Waals surface area (Å²) in [4.78, 5) is 24.8. The number of halogens is 1. The molecule has 1 heterocycles. The zero-order valence-electron chi connectivity index (χ0n) is 18.4. The molecule has 170 valence electrons. The Morgan fingerprint density at radius 2 is 1.88 bits per heavy atom. The highest BCUT2D eigenvalue weighted by Gasteiger charge is 2.32. The fraction of sp³-hybridized carbons (Fsp3) is 0.333. The molecule has 32 heavy (non-hydrogen) atoms. The smallest absolute Gasteiger partial charge is 0.338 e. The van der Waals surface area contributed by atoms with Gasteiger partial charge in [-0.2, -0.15) is 0 Å². The molecule has 1 aliphatic rings. The maximum atomic E-state index is 13.9. The summed E-state index contributed by atoms with van der Waals surface area (Å²) in [5.41, 5.74) is 1.80. The van der Waals surface area contributed by atoms with E-state index in [0.717, 1.165) is 0 Å². The van der Waals surface area contributed by atoms with Crippen LogP contribution in [0.3, 0.4) is 0 Å². The number of rotatable bonds is 9. The summed E-state index contributed by atoms with van der Waals surface area (Å²) in [6, 6.07) is 10.4. The quantitative estimate of drug-likeness (QED) is 0.563. The van der Waals surface area contributed by atoms with E-state index in [-0.39, 0.29) is 19.0 Å². The van der Waals surface area contributed by atoms with Gasteiger partial charge in [0.1, 0.15) is 12.4 Å². The maximum absolute atomic E-state index is 13.9. The second-order valence-electron chi connectivity index (χ2n) is 7.23. The molecule has 0 radical (unpaired) electrons. The van der Waals surface area contributed by atoms with E-state index < -0.39 is 18.0 Å². The molecule has 2 amide bonds. The van der Waals surface area contributed by atoms with Crippen molar-refractivity contribution < 1.29 is 28.2 Å². The topological polar surface area (TPSA) is 85.9 Å². The molecule has 3 rings (SSSR count). The third-order valence-corrected chi connectivity index (χ3v) is 4.87. The molecule has 2 aromatic carbocycles. The zero-order chi connectivity index (χ0) is 23.1. The highest BCUT2D eigenvalue weighted by molar-refractivity contribution is 5.95. The molecular weight excluding hydrogens is 415 g/mol. The fourth-order valence-corrected chi connectivity index (χ4v) is 3.35. The Morgan fingerprint density at radius 3 is 2.59 bits per heavy atom. The van der Waals surface area contributed by atoms with Crippen LogP contribution in [0.15, 0.2) is 53.7 Å². The first kappa shape index (κ1) is 23.1. The van der Waals surface area contributed by atoms with Crippen LogP contribution in [0.25, 0.3) is 0 Å². The Bertz CT molecular complexity index is 1020. The number of allylic oxidation sites excluding steroid dienone is 1. The molecule has 0 bridgehead atoms. The van der Waals surface area contributed by atoms with Crippen molar-refractivity contribution in [3.05, 3.63) is 70.7 Å². The number of urea groups is 1. The summed E-state index contributed by atoms with van der Waals surface area (Å²) < 4.78 is 30.8. The van der Waals surface area contributed by atoms with Crippen LogP contribution in [-0.2, 0) is 16.1 Å². The van der Waals surface area contributed by atoms with E-state index in [2.05, 4.69) is 10.6 Å². The zero-order valence-corrected chi connectivity index (χ0v) is 18.4. The van der Waals surface area contributed by atoms with Gasteiger partial charge in [-0.1, -0.05) is 31.2 Å². The van der Waals surface area contributed by atoms with Gasteiger partial charge < -0.3 is 24.8 Å². The molecule has 0 fully saturated rings. The van der Waals surface area contributed by atoms with Gasteiger partial charge in [0.2, 0.25) is 0 Å². The molecule has 0 aromatic heterocycles. The summed E-state index contributed by atoms with van der Waals surface area (Å²) in [5, 5.41) is 5.39. The highest BCUT2D eigenvalue weighted by Crippen LogP contribution is 2.35. The Kier molecular flexibility index (Phi) is 7.70. The Balaban J connectivity index is 1.90. The maximum Gasteiger partial charge on any atom is 0.338 e. The Morgan fingerprint density at radius 1 is 1.09 bits per heavy atom. The van der Waals surface area contributed by atoms with Crippen molar-refractivity contribution in [2.75, 3.05) is 13.2 Å². The highest BCUT2D eigenvalue weighted by atomic mass is 19.1. The van der Waals surface area contributed by atoms with Gasteiger partial charge >= 0.3 is 12.0 Å². The fourth-order valence-electron chi connectivity index (χ4n) is 3.35. The average Bonchev–Trinajstić information content (AvgIpc) is 2.77. The molecule has 1 aliphatic heterocycles. The van der Waals surface area contributed by atoms with Gasteiger partial charge in [-0.3, -0.25) is 0 Å². The summed E-state index contributed by atoms with van der Waals surface area (Å²) in [7, 11) is 0. The van der Waals surface area contributed by atoms with Gasteiger partial charge in [-0.05, 0) is 44.0 Å². The van der Waals surface area contributed by atoms with Crippen LogP contribution in [0.2, 0.25) is 0 Å². The van der Waals surface area contributed by atoms with Crippen LogP contribution < -0.4 is 20.1 Å². The monoisotopic (exact) mass is 442 g/mol. The molecule has 8 heteroatoms. The molecule has 0 aliphatic carbocycles. The summed E-state index contributed by atoms with van der Waals surface area (Å²) in [6.07, 6.45) is 0.686. The average molecular weight is 442 g/mol. The van der Waals surface area contributed by atoms with E-state index in [1.807, 2.05) is 13.8 Å². The minimum absolute atomic E-state index is 0.0315. The van der Waals surface area contributed by atoms with Crippen molar-refractivity contribution in [2.45, 2.75) is 39.8 Å². The molecular formula is C24H27FN2O5. The first-order valence-electron chi connectivity index (χ1n) is 10.5. The second kappa shape index (κ2) is 10.7. The number of esters is 1. The standard InChI is InChI=1S/C24H27FN2O5/c1-4-12-31-23(28)21-15(3)26-24(29)27-22(21)16-10-11-19(20(13-16)30-5-2)32-14-17-8-6-7-9-18(17)25/h6-11,13,22H,4-5,12,14H2,1-3H3,(H2,26,27,29). The number of hydrogen-bond acceptors (Lipinski definition) is 5. The molecule has 2 N–H and O–H groups in total. The van der Waals surface area contributed by atoms with Crippen LogP contribution in [0.4, 0.5) is 9.18 Å².